The van der Waals surface area contributed by atoms with E-state index in [0.29, 0.717) is 31.7 Å². The van der Waals surface area contributed by atoms with Crippen LogP contribution in [0, 0.1) is 0 Å². The molecule has 0 saturated carbocycles. The molecule has 0 bridgehead atoms. The first kappa shape index (κ1) is 15.1. The maximum absolute atomic E-state index is 13.1. The first-order chi connectivity index (χ1) is 10.6. The van der Waals surface area contributed by atoms with Crippen LogP contribution < -0.4 is 5.32 Å². The van der Waals surface area contributed by atoms with Crippen molar-refractivity contribution in [2.45, 2.75) is 45.1 Å². The van der Waals surface area contributed by atoms with Crippen LogP contribution in [0.15, 0.2) is 30.3 Å². The summed E-state index contributed by atoms with van der Waals surface area (Å²) in [4.78, 5) is 3.87. The summed E-state index contributed by atoms with van der Waals surface area (Å²) in [6, 6.07) is 9.78. The average molecular weight is 309 g/mol. The van der Waals surface area contributed by atoms with Gasteiger partial charge in [0.1, 0.15) is 0 Å². The highest BCUT2D eigenvalue weighted by Crippen LogP contribution is 2.32. The lowest BCUT2D eigenvalue weighted by Crippen LogP contribution is -2.19. The number of halogens is 3. The number of nitrogens with one attached hydrogen (secondary N) is 1. The van der Waals surface area contributed by atoms with E-state index >= 15 is 0 Å². The van der Waals surface area contributed by atoms with Crippen LogP contribution in [-0.4, -0.2) is 9.55 Å². The van der Waals surface area contributed by atoms with Crippen LogP contribution in [0.5, 0.6) is 0 Å². The van der Waals surface area contributed by atoms with Crippen LogP contribution in [0.2, 0.25) is 0 Å². The summed E-state index contributed by atoms with van der Waals surface area (Å²) in [5.74, 6) is -0.751. The minimum absolute atomic E-state index is 0.361. The van der Waals surface area contributed by atoms with Crippen molar-refractivity contribution < 1.29 is 13.2 Å². The lowest BCUT2D eigenvalue weighted by atomic mass is 10.1. The number of benzene rings is 1. The Labute approximate surface area is 127 Å². The van der Waals surface area contributed by atoms with Gasteiger partial charge in [0.05, 0.1) is 5.69 Å². The Morgan fingerprint density at radius 1 is 1.09 bits per heavy atom. The molecule has 1 aliphatic heterocycles. The Bertz CT molecular complexity index is 632. The van der Waals surface area contributed by atoms with Crippen LogP contribution in [0.25, 0.3) is 0 Å². The maximum atomic E-state index is 13.1. The number of fused-ring (bicyclic) bond motifs is 1. The molecule has 2 heterocycles. The number of alkyl halides is 3. The summed E-state index contributed by atoms with van der Waals surface area (Å²) in [7, 11) is 0. The van der Waals surface area contributed by atoms with Gasteiger partial charge in [-0.25, -0.2) is 4.98 Å². The first-order valence-corrected chi connectivity index (χ1v) is 7.46. The van der Waals surface area contributed by atoms with Gasteiger partial charge in [-0.1, -0.05) is 30.3 Å². The lowest BCUT2D eigenvalue weighted by Gasteiger charge is -2.18. The molecule has 1 aromatic carbocycles. The summed E-state index contributed by atoms with van der Waals surface area (Å²) >= 11 is 0. The fraction of sp³-hybridized carbons (Fsp3) is 0.438. The molecule has 2 aromatic rings. The second-order valence-electron chi connectivity index (χ2n) is 5.52. The normalized spacial score (nSPS) is 14.9. The zero-order valence-corrected chi connectivity index (χ0v) is 12.2. The van der Waals surface area contributed by atoms with Crippen LogP contribution in [0.4, 0.5) is 13.2 Å². The van der Waals surface area contributed by atoms with E-state index in [1.165, 1.54) is 4.57 Å². The van der Waals surface area contributed by atoms with Gasteiger partial charge >= 0.3 is 6.18 Å². The van der Waals surface area contributed by atoms with Gasteiger partial charge in [-0.3, -0.25) is 0 Å². The summed E-state index contributed by atoms with van der Waals surface area (Å²) in [6.45, 7) is 1.39. The summed E-state index contributed by atoms with van der Waals surface area (Å²) in [6.07, 6.45) is -2.01. The quantitative estimate of drug-likeness (QED) is 0.936. The van der Waals surface area contributed by atoms with Gasteiger partial charge < -0.3 is 9.88 Å². The predicted octanol–water partition coefficient (Wildman–Crippen LogP) is 3.53. The number of nitrogens with zero attached hydrogens (tertiary/aromatic N) is 2. The number of hydrogen-bond acceptors (Lipinski definition) is 2. The van der Waals surface area contributed by atoms with Crippen LogP contribution in [0.3, 0.4) is 0 Å². The van der Waals surface area contributed by atoms with Gasteiger partial charge in [0.25, 0.3) is 0 Å². The molecule has 0 radical (unpaired) electrons. The highest BCUT2D eigenvalue weighted by Gasteiger charge is 2.39. The van der Waals surface area contributed by atoms with Crippen LogP contribution in [-0.2, 0) is 32.2 Å². The molecule has 0 fully saturated rings. The molecule has 22 heavy (non-hydrogen) atoms. The van der Waals surface area contributed by atoms with Gasteiger partial charge in [-0.2, -0.15) is 13.2 Å². The van der Waals surface area contributed by atoms with Crippen LogP contribution in [0.1, 0.15) is 35.6 Å². The summed E-state index contributed by atoms with van der Waals surface area (Å²) in [5, 5.41) is 3.19. The molecule has 3 nitrogen and oxygen atoms in total. The molecule has 0 aliphatic carbocycles. The minimum atomic E-state index is -4.39. The van der Waals surface area contributed by atoms with Crippen molar-refractivity contribution in [3.05, 3.63) is 53.1 Å². The van der Waals surface area contributed by atoms with Crippen molar-refractivity contribution in [1.82, 2.24) is 14.9 Å². The molecule has 0 atom stereocenters. The molecule has 3 rings (SSSR count). The van der Waals surface area contributed by atoms with Gasteiger partial charge in [0.15, 0.2) is 0 Å². The van der Waals surface area contributed by atoms with E-state index in [1.54, 1.807) is 0 Å². The van der Waals surface area contributed by atoms with E-state index < -0.39 is 12.0 Å². The molecule has 1 aromatic heterocycles. The number of aromatic nitrogens is 2. The molecule has 1 N–H and O–H groups in total. The molecule has 0 unspecified atom stereocenters. The molecule has 0 spiro atoms. The Morgan fingerprint density at radius 2 is 1.86 bits per heavy atom. The average Bonchev–Trinajstić information content (AvgIpc) is 2.88. The topological polar surface area (TPSA) is 29.9 Å². The minimum Gasteiger partial charge on any atom is -0.324 e. The van der Waals surface area contributed by atoms with E-state index in [-0.39, 0.29) is 0 Å². The molecule has 118 valence electrons. The third-order valence-electron chi connectivity index (χ3n) is 3.92. The Morgan fingerprint density at radius 3 is 2.59 bits per heavy atom. The first-order valence-electron chi connectivity index (χ1n) is 7.46. The third-order valence-corrected chi connectivity index (χ3v) is 3.92. The standard InChI is InChI=1S/C16H18F3N3/c17-16(18,19)15-21-13(14-8-4-5-9-22(14)15)11-20-10-12-6-2-1-3-7-12/h1-3,6-7,20H,4-5,8-11H2. The van der Waals surface area contributed by atoms with Gasteiger partial charge in [-0.05, 0) is 24.8 Å². The number of imidazole rings is 1. The van der Waals surface area contributed by atoms with Crippen molar-refractivity contribution in [2.24, 2.45) is 0 Å². The second-order valence-corrected chi connectivity index (χ2v) is 5.52. The predicted molar refractivity (Wildman–Crippen MR) is 77.2 cm³/mol. The molecule has 1 aliphatic rings. The van der Waals surface area contributed by atoms with Crippen molar-refractivity contribution >= 4 is 0 Å². The highest BCUT2D eigenvalue weighted by molar-refractivity contribution is 5.21. The summed E-state index contributed by atoms with van der Waals surface area (Å²) in [5.41, 5.74) is 2.37. The Kier molecular flexibility index (Phi) is 4.20. The smallest absolute Gasteiger partial charge is 0.324 e. The van der Waals surface area contributed by atoms with E-state index in [0.717, 1.165) is 24.1 Å². The van der Waals surface area contributed by atoms with E-state index in [1.807, 2.05) is 30.3 Å². The molecular formula is C16H18F3N3. The fourth-order valence-electron chi connectivity index (χ4n) is 2.90. The number of hydrogen-bond donors (Lipinski definition) is 1. The Hall–Kier alpha value is -1.82. The zero-order valence-electron chi connectivity index (χ0n) is 12.2. The van der Waals surface area contributed by atoms with Crippen molar-refractivity contribution in [1.29, 1.82) is 0 Å². The highest BCUT2D eigenvalue weighted by atomic mass is 19.4. The Balaban J connectivity index is 1.75. The van der Waals surface area contributed by atoms with Gasteiger partial charge in [-0.15, -0.1) is 0 Å². The van der Waals surface area contributed by atoms with E-state index in [2.05, 4.69) is 10.3 Å². The van der Waals surface area contributed by atoms with E-state index in [9.17, 15) is 13.2 Å². The maximum Gasteiger partial charge on any atom is 0.449 e. The second kappa shape index (κ2) is 6.12. The molecule has 6 heteroatoms. The number of rotatable bonds is 4. The van der Waals surface area contributed by atoms with Crippen LogP contribution >= 0.6 is 0 Å². The molecule has 0 saturated heterocycles. The van der Waals surface area contributed by atoms with Gasteiger partial charge in [0.2, 0.25) is 5.82 Å². The largest absolute Gasteiger partial charge is 0.449 e. The zero-order chi connectivity index (χ0) is 15.6. The van der Waals surface area contributed by atoms with Crippen molar-refractivity contribution in [3.63, 3.8) is 0 Å². The third kappa shape index (κ3) is 3.16. The van der Waals surface area contributed by atoms with Crippen molar-refractivity contribution in [2.75, 3.05) is 0 Å². The molecule has 0 amide bonds. The monoisotopic (exact) mass is 309 g/mol. The molecular weight excluding hydrogens is 291 g/mol. The van der Waals surface area contributed by atoms with Gasteiger partial charge in [0, 0.05) is 25.3 Å². The fourth-order valence-corrected chi connectivity index (χ4v) is 2.90. The lowest BCUT2D eigenvalue weighted by molar-refractivity contribution is -0.147. The summed E-state index contributed by atoms with van der Waals surface area (Å²) < 4.78 is 40.6. The van der Waals surface area contributed by atoms with Crippen molar-refractivity contribution in [3.8, 4) is 0 Å². The SMILES string of the molecule is FC(F)(F)c1nc(CNCc2ccccc2)c2n1CCCC2. The van der Waals surface area contributed by atoms with E-state index in [4.69, 9.17) is 0 Å².